The van der Waals surface area contributed by atoms with Crippen molar-refractivity contribution in [2.24, 2.45) is 0 Å². The molecule has 0 unspecified atom stereocenters. The first-order valence-corrected chi connectivity index (χ1v) is 7.84. The number of fused-ring (bicyclic) bond motifs is 1. The molecule has 0 aliphatic carbocycles. The average Bonchev–Trinajstić information content (AvgIpc) is 2.57. The Morgan fingerprint density at radius 3 is 2.56 bits per heavy atom. The Morgan fingerprint density at radius 1 is 1.12 bits per heavy atom. The smallest absolute Gasteiger partial charge is 0.341 e. The Balaban J connectivity index is 2.13. The van der Waals surface area contributed by atoms with E-state index in [4.69, 9.17) is 5.73 Å². The number of aliphatic hydroxyl groups excluding tert-OH is 1. The van der Waals surface area contributed by atoms with Crippen molar-refractivity contribution in [1.29, 1.82) is 0 Å². The molecule has 6 heteroatoms. The largest absolute Gasteiger partial charge is 0.477 e. The second-order valence-electron chi connectivity index (χ2n) is 5.87. The molecule has 128 valence electrons. The molecule has 3 aromatic rings. The SMILES string of the molecule is Nc1cccc(Cc2ccc3c(c2)c(=O)c(C(=O)O)cn3CCO)c1. The van der Waals surface area contributed by atoms with Crippen LogP contribution in [0.4, 0.5) is 5.69 Å². The number of nitrogens with zero attached hydrogens (tertiary/aromatic N) is 1. The van der Waals surface area contributed by atoms with E-state index < -0.39 is 11.4 Å². The van der Waals surface area contributed by atoms with Crippen LogP contribution in [0.15, 0.2) is 53.5 Å². The topological polar surface area (TPSA) is 106 Å². The minimum absolute atomic E-state index is 0.151. The third kappa shape index (κ3) is 3.39. The van der Waals surface area contributed by atoms with Crippen molar-refractivity contribution in [3.63, 3.8) is 0 Å². The van der Waals surface area contributed by atoms with Crippen LogP contribution in [0.25, 0.3) is 10.9 Å². The normalized spacial score (nSPS) is 10.9. The lowest BCUT2D eigenvalue weighted by Gasteiger charge is -2.12. The fourth-order valence-corrected chi connectivity index (χ4v) is 2.94. The number of pyridine rings is 1. The number of aromatic carboxylic acids is 1. The molecule has 0 spiro atoms. The summed E-state index contributed by atoms with van der Waals surface area (Å²) in [4.78, 5) is 23.9. The second kappa shape index (κ2) is 6.78. The van der Waals surface area contributed by atoms with E-state index in [9.17, 15) is 19.8 Å². The van der Waals surface area contributed by atoms with Crippen LogP contribution < -0.4 is 11.2 Å². The van der Waals surface area contributed by atoms with Crippen molar-refractivity contribution in [2.45, 2.75) is 13.0 Å². The molecule has 0 saturated heterocycles. The Hall–Kier alpha value is -3.12. The number of carboxylic acids is 1. The monoisotopic (exact) mass is 338 g/mol. The molecule has 4 N–H and O–H groups in total. The van der Waals surface area contributed by atoms with Crippen LogP contribution in [0.1, 0.15) is 21.5 Å². The molecule has 0 atom stereocenters. The molecular formula is C19H18N2O4. The molecule has 25 heavy (non-hydrogen) atoms. The molecule has 2 aromatic carbocycles. The number of nitrogens with two attached hydrogens (primary N) is 1. The summed E-state index contributed by atoms with van der Waals surface area (Å²) in [5, 5.41) is 18.8. The number of carbonyl (C=O) groups is 1. The van der Waals surface area contributed by atoms with E-state index in [2.05, 4.69) is 0 Å². The van der Waals surface area contributed by atoms with Crippen LogP contribution in [0, 0.1) is 0 Å². The Morgan fingerprint density at radius 2 is 1.88 bits per heavy atom. The number of aromatic nitrogens is 1. The van der Waals surface area contributed by atoms with Crippen LogP contribution in [0.2, 0.25) is 0 Å². The zero-order chi connectivity index (χ0) is 18.0. The van der Waals surface area contributed by atoms with Gasteiger partial charge in [0.05, 0.1) is 12.1 Å². The minimum Gasteiger partial charge on any atom is -0.477 e. The van der Waals surface area contributed by atoms with Crippen molar-refractivity contribution in [3.8, 4) is 0 Å². The van der Waals surface area contributed by atoms with E-state index in [-0.39, 0.29) is 18.7 Å². The first-order chi connectivity index (χ1) is 12.0. The van der Waals surface area contributed by atoms with Gasteiger partial charge in [-0.3, -0.25) is 4.79 Å². The van der Waals surface area contributed by atoms with Crippen molar-refractivity contribution in [1.82, 2.24) is 4.57 Å². The minimum atomic E-state index is -1.28. The zero-order valence-electron chi connectivity index (χ0n) is 13.5. The van der Waals surface area contributed by atoms with E-state index in [1.54, 1.807) is 22.8 Å². The first-order valence-electron chi connectivity index (χ1n) is 7.84. The van der Waals surface area contributed by atoms with E-state index in [0.717, 1.165) is 11.1 Å². The zero-order valence-corrected chi connectivity index (χ0v) is 13.5. The van der Waals surface area contributed by atoms with Gasteiger partial charge in [-0.05, 0) is 41.8 Å². The number of aliphatic hydroxyl groups is 1. The summed E-state index contributed by atoms with van der Waals surface area (Å²) < 4.78 is 1.59. The highest BCUT2D eigenvalue weighted by atomic mass is 16.4. The van der Waals surface area contributed by atoms with E-state index in [1.165, 1.54) is 6.20 Å². The molecule has 1 heterocycles. The molecule has 0 amide bonds. The first kappa shape index (κ1) is 16.7. The third-order valence-corrected chi connectivity index (χ3v) is 4.08. The Kier molecular flexibility index (Phi) is 4.54. The van der Waals surface area contributed by atoms with Crippen molar-refractivity contribution >= 4 is 22.6 Å². The molecule has 0 aliphatic heterocycles. The van der Waals surface area contributed by atoms with Gasteiger partial charge in [-0.2, -0.15) is 0 Å². The number of hydrogen-bond donors (Lipinski definition) is 3. The lowest BCUT2D eigenvalue weighted by molar-refractivity contribution is 0.0694. The number of nitrogen functional groups attached to an aromatic ring is 1. The van der Waals surface area contributed by atoms with E-state index in [0.29, 0.717) is 23.0 Å². The van der Waals surface area contributed by atoms with Crippen molar-refractivity contribution < 1.29 is 15.0 Å². The number of hydrogen-bond acceptors (Lipinski definition) is 4. The molecule has 0 bridgehead atoms. The predicted molar refractivity (Wildman–Crippen MR) is 95.9 cm³/mol. The maximum Gasteiger partial charge on any atom is 0.341 e. The number of carboxylic acid groups (broad SMARTS) is 1. The standard InChI is InChI=1S/C19H18N2O4/c20-14-3-1-2-12(9-14)8-13-4-5-17-15(10-13)18(23)16(19(24)25)11-21(17)6-7-22/h1-5,9-11,22H,6-8,20H2,(H,24,25). The fraction of sp³-hybridized carbons (Fsp3) is 0.158. The van der Waals surface area contributed by atoms with Crippen molar-refractivity contribution in [2.75, 3.05) is 12.3 Å². The van der Waals surface area contributed by atoms with Gasteiger partial charge in [-0.25, -0.2) is 4.79 Å². The Bertz CT molecular complexity index is 1010. The maximum atomic E-state index is 12.5. The molecule has 0 aliphatic rings. The van der Waals surface area contributed by atoms with Crippen LogP contribution in [0.5, 0.6) is 0 Å². The number of anilines is 1. The van der Waals surface area contributed by atoms with Gasteiger partial charge < -0.3 is 20.5 Å². The van der Waals surface area contributed by atoms with Gasteiger partial charge >= 0.3 is 5.97 Å². The molecular weight excluding hydrogens is 320 g/mol. The van der Waals surface area contributed by atoms with E-state index in [1.807, 2.05) is 24.3 Å². The summed E-state index contributed by atoms with van der Waals surface area (Å²) in [6.45, 7) is 0.0632. The van der Waals surface area contributed by atoms with Crippen LogP contribution in [-0.2, 0) is 13.0 Å². The second-order valence-corrected chi connectivity index (χ2v) is 5.87. The summed E-state index contributed by atoms with van der Waals surface area (Å²) in [6, 6.07) is 12.8. The lowest BCUT2D eigenvalue weighted by atomic mass is 10.0. The summed E-state index contributed by atoms with van der Waals surface area (Å²) in [7, 11) is 0. The third-order valence-electron chi connectivity index (χ3n) is 4.08. The summed E-state index contributed by atoms with van der Waals surface area (Å²) in [5.41, 5.74) is 8.11. The molecule has 0 saturated carbocycles. The highest BCUT2D eigenvalue weighted by Gasteiger charge is 2.15. The molecule has 0 fully saturated rings. The number of rotatable bonds is 5. The summed E-state index contributed by atoms with van der Waals surface area (Å²) >= 11 is 0. The van der Waals surface area contributed by atoms with Gasteiger partial charge in [0.1, 0.15) is 5.56 Å². The van der Waals surface area contributed by atoms with Crippen LogP contribution >= 0.6 is 0 Å². The van der Waals surface area contributed by atoms with Crippen LogP contribution in [0.3, 0.4) is 0 Å². The molecule has 6 nitrogen and oxygen atoms in total. The van der Waals surface area contributed by atoms with E-state index >= 15 is 0 Å². The van der Waals surface area contributed by atoms with Gasteiger partial charge in [0.2, 0.25) is 5.43 Å². The maximum absolute atomic E-state index is 12.5. The van der Waals surface area contributed by atoms with Gasteiger partial charge in [0.15, 0.2) is 0 Å². The lowest BCUT2D eigenvalue weighted by Crippen LogP contribution is -2.19. The summed E-state index contributed by atoms with van der Waals surface area (Å²) in [6.07, 6.45) is 1.86. The van der Waals surface area contributed by atoms with Crippen LogP contribution in [-0.4, -0.2) is 27.4 Å². The average molecular weight is 338 g/mol. The fourth-order valence-electron chi connectivity index (χ4n) is 2.94. The van der Waals surface area contributed by atoms with Crippen molar-refractivity contribution in [3.05, 3.63) is 75.6 Å². The predicted octanol–water partition coefficient (Wildman–Crippen LogP) is 1.86. The quantitative estimate of drug-likeness (QED) is 0.616. The van der Waals surface area contributed by atoms with Gasteiger partial charge in [-0.1, -0.05) is 18.2 Å². The molecule has 3 rings (SSSR count). The van der Waals surface area contributed by atoms with Gasteiger partial charge in [0.25, 0.3) is 0 Å². The van der Waals surface area contributed by atoms with Gasteiger partial charge in [-0.15, -0.1) is 0 Å². The Labute approximate surface area is 143 Å². The summed E-state index contributed by atoms with van der Waals surface area (Å²) in [5.74, 6) is -1.28. The van der Waals surface area contributed by atoms with Gasteiger partial charge in [0, 0.05) is 23.8 Å². The number of benzene rings is 2. The molecule has 1 aromatic heterocycles. The highest BCUT2D eigenvalue weighted by molar-refractivity contribution is 5.92. The highest BCUT2D eigenvalue weighted by Crippen LogP contribution is 2.18. The molecule has 0 radical (unpaired) electrons.